The molecule has 0 fully saturated rings. The highest BCUT2D eigenvalue weighted by molar-refractivity contribution is 7.98. The minimum absolute atomic E-state index is 0.631. The summed E-state index contributed by atoms with van der Waals surface area (Å²) in [6.45, 7) is 0. The van der Waals surface area contributed by atoms with Crippen LogP contribution in [-0.4, -0.2) is 12.2 Å². The molecule has 0 amide bonds. The normalized spacial score (nSPS) is 9.95. The van der Waals surface area contributed by atoms with Crippen molar-refractivity contribution in [3.05, 3.63) is 60.2 Å². The molecule has 0 heterocycles. The van der Waals surface area contributed by atoms with Gasteiger partial charge in [0, 0.05) is 23.4 Å². The molecule has 2 aromatic carbocycles. The first kappa shape index (κ1) is 13.9. The molecule has 0 saturated carbocycles. The molecule has 2 nitrogen and oxygen atoms in total. The number of hydrogen-bond donors (Lipinski definition) is 2. The molecule has 19 heavy (non-hydrogen) atoms. The van der Waals surface area contributed by atoms with Gasteiger partial charge in [-0.3, -0.25) is 0 Å². The van der Waals surface area contributed by atoms with Crippen molar-refractivity contribution in [3.8, 4) is 0 Å². The van der Waals surface area contributed by atoms with Crippen LogP contribution in [0.4, 0.5) is 5.69 Å². The molecule has 2 rings (SSSR count). The van der Waals surface area contributed by atoms with E-state index in [1.54, 1.807) is 7.05 Å². The topological polar surface area (TPSA) is 24.1 Å². The number of thioether (sulfide) groups is 1. The van der Waals surface area contributed by atoms with E-state index in [2.05, 4.69) is 47.0 Å². The smallest absolute Gasteiger partial charge is 0.170 e. The van der Waals surface area contributed by atoms with Crippen LogP contribution in [0.5, 0.6) is 0 Å². The first-order chi connectivity index (χ1) is 9.28. The van der Waals surface area contributed by atoms with Gasteiger partial charge in [-0.15, -0.1) is 11.8 Å². The van der Waals surface area contributed by atoms with Crippen LogP contribution < -0.4 is 10.6 Å². The van der Waals surface area contributed by atoms with E-state index in [4.69, 9.17) is 12.2 Å². The van der Waals surface area contributed by atoms with Crippen LogP contribution in [0.2, 0.25) is 0 Å². The molecule has 98 valence electrons. The van der Waals surface area contributed by atoms with Crippen molar-refractivity contribution in [1.82, 2.24) is 5.32 Å². The lowest BCUT2D eigenvalue weighted by Gasteiger charge is -2.08. The quantitative estimate of drug-likeness (QED) is 0.658. The molecule has 0 atom stereocenters. The summed E-state index contributed by atoms with van der Waals surface area (Å²) in [7, 11) is 1.81. The van der Waals surface area contributed by atoms with E-state index in [-0.39, 0.29) is 0 Å². The van der Waals surface area contributed by atoms with Gasteiger partial charge in [-0.1, -0.05) is 30.3 Å². The zero-order valence-electron chi connectivity index (χ0n) is 10.7. The zero-order chi connectivity index (χ0) is 13.5. The first-order valence-corrected chi connectivity index (χ1v) is 7.43. The van der Waals surface area contributed by atoms with Crippen molar-refractivity contribution in [2.45, 2.75) is 10.6 Å². The van der Waals surface area contributed by atoms with E-state index in [9.17, 15) is 0 Å². The third kappa shape index (κ3) is 4.58. The highest BCUT2D eigenvalue weighted by Gasteiger charge is 1.98. The maximum absolute atomic E-state index is 5.06. The van der Waals surface area contributed by atoms with Crippen LogP contribution in [0.1, 0.15) is 5.56 Å². The summed E-state index contributed by atoms with van der Waals surface area (Å²) in [5.41, 5.74) is 2.31. The molecular formula is C15H16N2S2. The number of anilines is 1. The SMILES string of the molecule is CNC(=S)Nc1ccc(CSc2ccccc2)cc1. The van der Waals surface area contributed by atoms with Crippen LogP contribution in [0.3, 0.4) is 0 Å². The van der Waals surface area contributed by atoms with Crippen molar-refractivity contribution >= 4 is 34.8 Å². The van der Waals surface area contributed by atoms with Gasteiger partial charge in [0.25, 0.3) is 0 Å². The molecule has 0 aliphatic heterocycles. The summed E-state index contributed by atoms with van der Waals surface area (Å²) < 4.78 is 0. The molecule has 0 spiro atoms. The Morgan fingerprint density at radius 3 is 2.37 bits per heavy atom. The average molecular weight is 288 g/mol. The van der Waals surface area contributed by atoms with Gasteiger partial charge in [0.2, 0.25) is 0 Å². The standard InChI is InChI=1S/C15H16N2S2/c1-16-15(18)17-13-9-7-12(8-10-13)11-19-14-5-3-2-4-6-14/h2-10H,11H2,1H3,(H2,16,17,18). The Balaban J connectivity index is 1.90. The summed E-state index contributed by atoms with van der Waals surface area (Å²) in [5.74, 6) is 0.973. The van der Waals surface area contributed by atoms with Crippen LogP contribution in [0.25, 0.3) is 0 Å². The molecule has 0 aliphatic carbocycles. The number of thiocarbonyl (C=S) groups is 1. The molecule has 0 aromatic heterocycles. The predicted octanol–water partition coefficient (Wildman–Crippen LogP) is 3.90. The van der Waals surface area contributed by atoms with E-state index in [0.29, 0.717) is 5.11 Å². The van der Waals surface area contributed by atoms with Gasteiger partial charge in [0.1, 0.15) is 0 Å². The van der Waals surface area contributed by atoms with Gasteiger partial charge in [-0.25, -0.2) is 0 Å². The molecule has 0 unspecified atom stereocenters. The van der Waals surface area contributed by atoms with Crippen LogP contribution in [0, 0.1) is 0 Å². The Morgan fingerprint density at radius 1 is 1.05 bits per heavy atom. The lowest BCUT2D eigenvalue weighted by Crippen LogP contribution is -2.23. The third-order valence-electron chi connectivity index (χ3n) is 2.59. The first-order valence-electron chi connectivity index (χ1n) is 6.03. The fraction of sp³-hybridized carbons (Fsp3) is 0.133. The largest absolute Gasteiger partial charge is 0.366 e. The Bertz CT molecular complexity index is 524. The molecule has 0 bridgehead atoms. The molecule has 2 N–H and O–H groups in total. The van der Waals surface area contributed by atoms with Gasteiger partial charge in [-0.2, -0.15) is 0 Å². The predicted molar refractivity (Wildman–Crippen MR) is 87.7 cm³/mol. The summed E-state index contributed by atoms with van der Waals surface area (Å²) in [5, 5.41) is 6.63. The Morgan fingerprint density at radius 2 is 1.74 bits per heavy atom. The fourth-order valence-corrected chi connectivity index (χ4v) is 2.55. The van der Waals surface area contributed by atoms with Gasteiger partial charge in [0.15, 0.2) is 5.11 Å². The lowest BCUT2D eigenvalue weighted by molar-refractivity contribution is 1.20. The van der Waals surface area contributed by atoms with Crippen molar-refractivity contribution in [2.75, 3.05) is 12.4 Å². The lowest BCUT2D eigenvalue weighted by atomic mass is 10.2. The maximum atomic E-state index is 5.06. The molecule has 4 heteroatoms. The van der Waals surface area contributed by atoms with E-state index in [1.807, 2.05) is 30.0 Å². The summed E-state index contributed by atoms with van der Waals surface area (Å²) in [6, 6.07) is 18.8. The second kappa shape index (κ2) is 7.16. The van der Waals surface area contributed by atoms with Crippen LogP contribution in [0.15, 0.2) is 59.5 Å². The van der Waals surface area contributed by atoms with Crippen LogP contribution >= 0.6 is 24.0 Å². The third-order valence-corrected chi connectivity index (χ3v) is 3.98. The molecular weight excluding hydrogens is 272 g/mol. The molecule has 0 aliphatic rings. The fourth-order valence-electron chi connectivity index (χ4n) is 1.56. The zero-order valence-corrected chi connectivity index (χ0v) is 12.4. The highest BCUT2D eigenvalue weighted by atomic mass is 32.2. The summed E-state index contributed by atoms with van der Waals surface area (Å²) >= 11 is 6.90. The Kier molecular flexibility index (Phi) is 5.24. The van der Waals surface area contributed by atoms with E-state index in [1.165, 1.54) is 10.5 Å². The number of benzene rings is 2. The van der Waals surface area contributed by atoms with E-state index in [0.717, 1.165) is 11.4 Å². The van der Waals surface area contributed by atoms with Crippen LogP contribution in [-0.2, 0) is 5.75 Å². The second-order valence-corrected chi connectivity index (χ2v) is 5.46. The molecule has 0 saturated heterocycles. The number of rotatable bonds is 4. The second-order valence-electron chi connectivity index (χ2n) is 4.00. The highest BCUT2D eigenvalue weighted by Crippen LogP contribution is 2.22. The number of hydrogen-bond acceptors (Lipinski definition) is 2. The van der Waals surface area contributed by atoms with Gasteiger partial charge in [0.05, 0.1) is 0 Å². The Labute approximate surface area is 123 Å². The monoisotopic (exact) mass is 288 g/mol. The van der Waals surface area contributed by atoms with Crippen molar-refractivity contribution in [2.24, 2.45) is 0 Å². The van der Waals surface area contributed by atoms with Gasteiger partial charge < -0.3 is 10.6 Å². The maximum Gasteiger partial charge on any atom is 0.170 e. The van der Waals surface area contributed by atoms with Crippen molar-refractivity contribution in [3.63, 3.8) is 0 Å². The molecule has 2 aromatic rings. The van der Waals surface area contributed by atoms with Crippen molar-refractivity contribution in [1.29, 1.82) is 0 Å². The average Bonchev–Trinajstić information content (AvgIpc) is 2.47. The number of nitrogens with one attached hydrogen (secondary N) is 2. The van der Waals surface area contributed by atoms with Crippen molar-refractivity contribution < 1.29 is 0 Å². The minimum atomic E-state index is 0.631. The van der Waals surface area contributed by atoms with E-state index < -0.39 is 0 Å². The summed E-state index contributed by atoms with van der Waals surface area (Å²) in [4.78, 5) is 1.29. The Hall–Kier alpha value is -1.52. The summed E-state index contributed by atoms with van der Waals surface area (Å²) in [6.07, 6.45) is 0. The van der Waals surface area contributed by atoms with Gasteiger partial charge in [-0.05, 0) is 42.0 Å². The molecule has 0 radical (unpaired) electrons. The van der Waals surface area contributed by atoms with Gasteiger partial charge >= 0.3 is 0 Å². The van der Waals surface area contributed by atoms with E-state index >= 15 is 0 Å². The minimum Gasteiger partial charge on any atom is -0.366 e.